The summed E-state index contributed by atoms with van der Waals surface area (Å²) < 4.78 is 0. The van der Waals surface area contributed by atoms with Crippen molar-refractivity contribution in [2.75, 3.05) is 18.4 Å². The number of carbonyl (C=O) groups is 3. The number of carbonyl (C=O) groups excluding carboxylic acids is 3. The van der Waals surface area contributed by atoms with E-state index in [1.807, 2.05) is 18.2 Å². The van der Waals surface area contributed by atoms with Crippen LogP contribution in [0.5, 0.6) is 0 Å². The average molecular weight is 330 g/mol. The van der Waals surface area contributed by atoms with Crippen LogP contribution in [-0.2, 0) is 16.1 Å². The van der Waals surface area contributed by atoms with E-state index in [2.05, 4.69) is 22.9 Å². The quantitative estimate of drug-likeness (QED) is 0.720. The molecule has 1 aromatic rings. The Labute approximate surface area is 140 Å². The van der Waals surface area contributed by atoms with Crippen molar-refractivity contribution < 1.29 is 14.4 Å². The molecule has 2 fully saturated rings. The van der Waals surface area contributed by atoms with E-state index in [0.29, 0.717) is 11.7 Å². The van der Waals surface area contributed by atoms with Gasteiger partial charge in [0.2, 0.25) is 11.8 Å². The van der Waals surface area contributed by atoms with E-state index in [1.54, 1.807) is 6.07 Å². The molecule has 1 aromatic carbocycles. The second-order valence-electron chi connectivity index (χ2n) is 6.40. The zero-order valence-electron chi connectivity index (χ0n) is 13.7. The Bertz CT molecular complexity index is 645. The number of amides is 4. The third-order valence-electron chi connectivity index (χ3n) is 4.47. The first kappa shape index (κ1) is 16.4. The van der Waals surface area contributed by atoms with Crippen LogP contribution in [0, 0.1) is 5.92 Å². The Morgan fingerprint density at radius 2 is 2.21 bits per heavy atom. The molecule has 2 atom stereocenters. The molecule has 2 heterocycles. The number of rotatable bonds is 4. The van der Waals surface area contributed by atoms with Gasteiger partial charge in [-0.2, -0.15) is 0 Å². The highest BCUT2D eigenvalue weighted by Gasteiger charge is 2.28. The van der Waals surface area contributed by atoms with Gasteiger partial charge >= 0.3 is 6.03 Å². The lowest BCUT2D eigenvalue weighted by Crippen LogP contribution is -2.40. The number of piperidine rings is 1. The van der Waals surface area contributed by atoms with Crippen molar-refractivity contribution in [1.82, 2.24) is 15.5 Å². The van der Waals surface area contributed by atoms with Gasteiger partial charge in [0.25, 0.3) is 0 Å². The van der Waals surface area contributed by atoms with Gasteiger partial charge in [0, 0.05) is 17.6 Å². The van der Waals surface area contributed by atoms with Gasteiger partial charge in [-0.3, -0.25) is 14.5 Å². The lowest BCUT2D eigenvalue weighted by Gasteiger charge is -2.27. The van der Waals surface area contributed by atoms with E-state index in [9.17, 15) is 14.4 Å². The van der Waals surface area contributed by atoms with E-state index in [0.717, 1.165) is 24.9 Å². The normalized spacial score (nSPS) is 24.0. The molecular formula is C17H22N4O3. The smallest absolute Gasteiger partial charge is 0.324 e. The number of hydrogen-bond acceptors (Lipinski definition) is 4. The minimum atomic E-state index is -0.377. The monoisotopic (exact) mass is 330 g/mol. The van der Waals surface area contributed by atoms with Crippen LogP contribution in [-0.4, -0.2) is 41.9 Å². The van der Waals surface area contributed by atoms with E-state index in [4.69, 9.17) is 0 Å². The van der Waals surface area contributed by atoms with Crippen molar-refractivity contribution in [3.8, 4) is 0 Å². The summed E-state index contributed by atoms with van der Waals surface area (Å²) >= 11 is 0. The zero-order valence-corrected chi connectivity index (χ0v) is 13.7. The Hall–Kier alpha value is -2.41. The molecular weight excluding hydrogens is 308 g/mol. The van der Waals surface area contributed by atoms with Crippen molar-refractivity contribution in [3.63, 3.8) is 0 Å². The third-order valence-corrected chi connectivity index (χ3v) is 4.47. The Morgan fingerprint density at radius 1 is 1.38 bits per heavy atom. The highest BCUT2D eigenvalue weighted by atomic mass is 16.2. The highest BCUT2D eigenvalue weighted by Crippen LogP contribution is 2.20. The molecule has 4 amide bonds. The van der Waals surface area contributed by atoms with Crippen LogP contribution in [0.3, 0.4) is 0 Å². The maximum Gasteiger partial charge on any atom is 0.324 e. The number of nitrogens with zero attached hydrogens (tertiary/aromatic N) is 1. The minimum absolute atomic E-state index is 0.0100. The molecule has 2 aliphatic rings. The molecule has 0 aliphatic carbocycles. The molecule has 128 valence electrons. The van der Waals surface area contributed by atoms with Gasteiger partial charge in [0.05, 0.1) is 13.1 Å². The number of hydrogen-bond donors (Lipinski definition) is 3. The summed E-state index contributed by atoms with van der Waals surface area (Å²) in [5, 5.41) is 8.78. The van der Waals surface area contributed by atoms with Gasteiger partial charge in [0.15, 0.2) is 0 Å². The van der Waals surface area contributed by atoms with Crippen molar-refractivity contribution in [2.24, 2.45) is 5.92 Å². The maximum absolute atomic E-state index is 12.4. The molecule has 3 rings (SSSR count). The van der Waals surface area contributed by atoms with Crippen LogP contribution in [0.15, 0.2) is 24.3 Å². The molecule has 24 heavy (non-hydrogen) atoms. The number of urea groups is 1. The van der Waals surface area contributed by atoms with Gasteiger partial charge < -0.3 is 16.0 Å². The van der Waals surface area contributed by atoms with E-state index >= 15 is 0 Å². The largest absolute Gasteiger partial charge is 0.329 e. The molecule has 2 aliphatic heterocycles. The summed E-state index contributed by atoms with van der Waals surface area (Å²) in [6.45, 7) is 3.19. The van der Waals surface area contributed by atoms with Crippen molar-refractivity contribution in [1.29, 1.82) is 0 Å². The van der Waals surface area contributed by atoms with E-state index in [-0.39, 0.29) is 36.9 Å². The van der Waals surface area contributed by atoms with Crippen LogP contribution < -0.4 is 16.0 Å². The summed E-state index contributed by atoms with van der Waals surface area (Å²) in [6.07, 6.45) is 1.66. The summed E-state index contributed by atoms with van der Waals surface area (Å²) in [5.41, 5.74) is 1.49. The van der Waals surface area contributed by atoms with Gasteiger partial charge in [-0.1, -0.05) is 12.1 Å². The SMILES string of the molecule is C[C@H]1C[C@@H](C(=O)Nc2cccc(CN3C(=O)CNC3=O)c2)CCN1. The highest BCUT2D eigenvalue weighted by molar-refractivity contribution is 6.01. The minimum Gasteiger partial charge on any atom is -0.329 e. The predicted octanol–water partition coefficient (Wildman–Crippen LogP) is 1.06. The summed E-state index contributed by atoms with van der Waals surface area (Å²) in [5.74, 6) is -0.204. The van der Waals surface area contributed by atoms with Crippen molar-refractivity contribution in [2.45, 2.75) is 32.4 Å². The second-order valence-corrected chi connectivity index (χ2v) is 6.40. The van der Waals surface area contributed by atoms with E-state index in [1.165, 1.54) is 4.90 Å². The molecule has 0 bridgehead atoms. The Morgan fingerprint density at radius 3 is 2.92 bits per heavy atom. The van der Waals surface area contributed by atoms with Gasteiger partial charge in [-0.15, -0.1) is 0 Å². The molecule has 0 saturated carbocycles. The lowest BCUT2D eigenvalue weighted by molar-refractivity contribution is -0.125. The van der Waals surface area contributed by atoms with Gasteiger partial charge in [0.1, 0.15) is 0 Å². The second kappa shape index (κ2) is 7.00. The van der Waals surface area contributed by atoms with Crippen molar-refractivity contribution in [3.05, 3.63) is 29.8 Å². The molecule has 7 nitrogen and oxygen atoms in total. The number of imide groups is 1. The van der Waals surface area contributed by atoms with Crippen molar-refractivity contribution >= 4 is 23.5 Å². The maximum atomic E-state index is 12.4. The molecule has 0 radical (unpaired) electrons. The molecule has 7 heteroatoms. The van der Waals surface area contributed by atoms with Crippen LogP contribution in [0.1, 0.15) is 25.3 Å². The first-order valence-electron chi connectivity index (χ1n) is 8.24. The summed E-state index contributed by atoms with van der Waals surface area (Å²) in [6, 6.07) is 7.24. The number of anilines is 1. The number of nitrogens with one attached hydrogen (secondary N) is 3. The predicted molar refractivity (Wildman–Crippen MR) is 89.2 cm³/mol. The Balaban J connectivity index is 1.63. The van der Waals surface area contributed by atoms with Crippen LogP contribution in [0.25, 0.3) is 0 Å². The fourth-order valence-corrected chi connectivity index (χ4v) is 3.16. The molecule has 3 N–H and O–H groups in total. The van der Waals surface area contributed by atoms with Crippen LogP contribution in [0.2, 0.25) is 0 Å². The zero-order chi connectivity index (χ0) is 17.1. The Kier molecular flexibility index (Phi) is 4.80. The van der Waals surface area contributed by atoms with Crippen LogP contribution >= 0.6 is 0 Å². The van der Waals surface area contributed by atoms with E-state index < -0.39 is 0 Å². The molecule has 0 unspecified atom stereocenters. The topological polar surface area (TPSA) is 90.5 Å². The first-order valence-corrected chi connectivity index (χ1v) is 8.24. The molecule has 0 aromatic heterocycles. The lowest BCUT2D eigenvalue weighted by atomic mass is 9.92. The fraction of sp³-hybridized carbons (Fsp3) is 0.471. The average Bonchev–Trinajstić information content (AvgIpc) is 2.87. The first-order chi connectivity index (χ1) is 11.5. The standard InChI is InChI=1S/C17H22N4O3/c1-11-7-13(5-6-18-11)16(23)20-14-4-2-3-12(8-14)10-21-15(22)9-19-17(21)24/h2-4,8,11,13,18H,5-7,9-10H2,1H3,(H,19,24)(H,20,23)/t11-,13-/m0/s1. The van der Waals surface area contributed by atoms with Crippen LogP contribution in [0.4, 0.5) is 10.5 Å². The number of benzene rings is 1. The molecule has 2 saturated heterocycles. The molecule has 0 spiro atoms. The van der Waals surface area contributed by atoms with Gasteiger partial charge in [-0.05, 0) is 44.0 Å². The summed E-state index contributed by atoms with van der Waals surface area (Å²) in [7, 11) is 0. The summed E-state index contributed by atoms with van der Waals surface area (Å²) in [4.78, 5) is 36.8. The van der Waals surface area contributed by atoms with Gasteiger partial charge in [-0.25, -0.2) is 4.79 Å². The fourth-order valence-electron chi connectivity index (χ4n) is 3.16. The third kappa shape index (κ3) is 3.73.